The van der Waals surface area contributed by atoms with Crippen molar-refractivity contribution in [3.05, 3.63) is 34.5 Å². The molecule has 0 saturated heterocycles. The number of ether oxygens (including phenoxy) is 1. The summed E-state index contributed by atoms with van der Waals surface area (Å²) < 4.78 is 10.2. The second kappa shape index (κ2) is 6.70. The number of anilines is 2. The van der Waals surface area contributed by atoms with Crippen LogP contribution in [-0.2, 0) is 4.79 Å². The molecule has 1 aromatic heterocycles. The summed E-state index contributed by atoms with van der Waals surface area (Å²) >= 11 is 6.07. The van der Waals surface area contributed by atoms with Crippen molar-refractivity contribution >= 4 is 29.1 Å². The van der Waals surface area contributed by atoms with Crippen LogP contribution in [0, 0.1) is 13.8 Å². The van der Waals surface area contributed by atoms with E-state index in [-0.39, 0.29) is 5.91 Å². The Morgan fingerprint density at radius 2 is 2.09 bits per heavy atom. The molecule has 7 heteroatoms. The highest BCUT2D eigenvalue weighted by molar-refractivity contribution is 6.31. The summed E-state index contributed by atoms with van der Waals surface area (Å²) in [7, 11) is 1.55. The minimum atomic E-state index is -0.500. The number of carbonyl (C=O) groups excluding carboxylic acids is 1. The molecule has 1 atom stereocenters. The topological polar surface area (TPSA) is 76.4 Å². The van der Waals surface area contributed by atoms with Gasteiger partial charge in [-0.2, -0.15) is 0 Å². The van der Waals surface area contributed by atoms with Gasteiger partial charge in [-0.15, -0.1) is 0 Å². The number of amides is 1. The van der Waals surface area contributed by atoms with E-state index in [0.717, 1.165) is 5.56 Å². The van der Waals surface area contributed by atoms with Crippen molar-refractivity contribution in [2.24, 2.45) is 0 Å². The summed E-state index contributed by atoms with van der Waals surface area (Å²) in [6.07, 6.45) is 0. The van der Waals surface area contributed by atoms with E-state index in [9.17, 15) is 4.79 Å². The summed E-state index contributed by atoms with van der Waals surface area (Å²) in [5.74, 6) is 0.645. The Kier molecular flexibility index (Phi) is 4.92. The third-order valence-electron chi connectivity index (χ3n) is 3.12. The highest BCUT2D eigenvalue weighted by Gasteiger charge is 2.17. The molecular formula is C15H18ClN3O3. The molecule has 0 aliphatic heterocycles. The van der Waals surface area contributed by atoms with Crippen LogP contribution >= 0.6 is 11.6 Å². The van der Waals surface area contributed by atoms with Gasteiger partial charge < -0.3 is 14.6 Å². The molecule has 1 amide bonds. The average Bonchev–Trinajstić information content (AvgIpc) is 2.87. The Labute approximate surface area is 133 Å². The zero-order valence-corrected chi connectivity index (χ0v) is 13.6. The number of methoxy groups -OCH3 is 1. The monoisotopic (exact) mass is 323 g/mol. The Morgan fingerprint density at radius 3 is 2.68 bits per heavy atom. The van der Waals surface area contributed by atoms with Crippen LogP contribution in [0.15, 0.2) is 22.7 Å². The Hall–Kier alpha value is -2.21. The van der Waals surface area contributed by atoms with E-state index >= 15 is 0 Å². The highest BCUT2D eigenvalue weighted by atomic mass is 35.5. The minimum Gasteiger partial charge on any atom is -0.495 e. The maximum Gasteiger partial charge on any atom is 0.248 e. The lowest BCUT2D eigenvalue weighted by Crippen LogP contribution is -2.31. The quantitative estimate of drug-likeness (QED) is 0.882. The van der Waals surface area contributed by atoms with Gasteiger partial charge in [0.2, 0.25) is 11.8 Å². The van der Waals surface area contributed by atoms with Crippen molar-refractivity contribution in [2.75, 3.05) is 17.7 Å². The maximum atomic E-state index is 12.1. The zero-order chi connectivity index (χ0) is 16.3. The fraction of sp³-hybridized carbons (Fsp3) is 0.333. The molecule has 0 aliphatic carbocycles. The van der Waals surface area contributed by atoms with Crippen LogP contribution < -0.4 is 15.4 Å². The molecule has 0 aliphatic rings. The Bertz CT molecular complexity index is 685. The fourth-order valence-electron chi connectivity index (χ4n) is 1.90. The van der Waals surface area contributed by atoms with Crippen molar-refractivity contribution < 1.29 is 14.1 Å². The van der Waals surface area contributed by atoms with E-state index in [0.29, 0.717) is 28.0 Å². The van der Waals surface area contributed by atoms with Crippen LogP contribution in [0.25, 0.3) is 0 Å². The number of aryl methyl sites for hydroxylation is 2. The first-order chi connectivity index (χ1) is 10.4. The maximum absolute atomic E-state index is 12.1. The van der Waals surface area contributed by atoms with Crippen molar-refractivity contribution in [3.63, 3.8) is 0 Å². The number of carbonyl (C=O) groups is 1. The second-order valence-corrected chi connectivity index (χ2v) is 5.40. The van der Waals surface area contributed by atoms with Gasteiger partial charge in [-0.3, -0.25) is 10.1 Å². The summed E-state index contributed by atoms with van der Waals surface area (Å²) in [4.78, 5) is 12.1. The second-order valence-electron chi connectivity index (χ2n) is 4.99. The molecule has 1 aromatic carbocycles. The molecule has 6 nitrogen and oxygen atoms in total. The molecule has 1 heterocycles. The predicted octanol–water partition coefficient (Wildman–Crippen LogP) is 3.39. The molecule has 0 spiro atoms. The average molecular weight is 324 g/mol. The number of nitrogens with zero attached hydrogens (tertiary/aromatic N) is 1. The minimum absolute atomic E-state index is 0.245. The molecule has 0 saturated carbocycles. The van der Waals surface area contributed by atoms with Gasteiger partial charge in [-0.1, -0.05) is 16.8 Å². The molecule has 22 heavy (non-hydrogen) atoms. The van der Waals surface area contributed by atoms with Gasteiger partial charge >= 0.3 is 0 Å². The zero-order valence-electron chi connectivity index (χ0n) is 12.9. The van der Waals surface area contributed by atoms with Crippen LogP contribution in [0.3, 0.4) is 0 Å². The standard InChI is InChI=1S/C15H18ClN3O3/c1-8-5-12(13(21-4)7-11(8)16)17-10(3)15(20)18-14-6-9(2)19-22-14/h5-7,10,17H,1-4H3,(H,18,20). The fourth-order valence-corrected chi connectivity index (χ4v) is 2.05. The van der Waals surface area contributed by atoms with Crippen LogP contribution in [0.2, 0.25) is 5.02 Å². The van der Waals surface area contributed by atoms with Gasteiger partial charge in [0.05, 0.1) is 18.5 Å². The number of hydrogen-bond donors (Lipinski definition) is 2. The summed E-state index contributed by atoms with van der Waals surface area (Å²) in [5.41, 5.74) is 2.29. The third-order valence-corrected chi connectivity index (χ3v) is 3.53. The van der Waals surface area contributed by atoms with Crippen molar-refractivity contribution in [1.82, 2.24) is 5.16 Å². The molecule has 2 aromatic rings. The predicted molar refractivity (Wildman–Crippen MR) is 85.7 cm³/mol. The van der Waals surface area contributed by atoms with Crippen LogP contribution in [0.1, 0.15) is 18.2 Å². The van der Waals surface area contributed by atoms with E-state index in [4.69, 9.17) is 20.9 Å². The summed E-state index contributed by atoms with van der Waals surface area (Å²) in [5, 5.41) is 10.1. The lowest BCUT2D eigenvalue weighted by Gasteiger charge is -2.17. The van der Waals surface area contributed by atoms with Gasteiger partial charge in [-0.05, 0) is 32.4 Å². The lowest BCUT2D eigenvalue weighted by atomic mass is 10.2. The molecular weight excluding hydrogens is 306 g/mol. The van der Waals surface area contributed by atoms with E-state index in [1.165, 1.54) is 0 Å². The van der Waals surface area contributed by atoms with Crippen LogP contribution in [0.4, 0.5) is 11.6 Å². The summed E-state index contributed by atoms with van der Waals surface area (Å²) in [6, 6.07) is 4.70. The van der Waals surface area contributed by atoms with Crippen molar-refractivity contribution in [3.8, 4) is 5.75 Å². The van der Waals surface area contributed by atoms with Gasteiger partial charge in [0.25, 0.3) is 0 Å². The van der Waals surface area contributed by atoms with Crippen molar-refractivity contribution in [2.45, 2.75) is 26.8 Å². The molecule has 0 radical (unpaired) electrons. The first kappa shape index (κ1) is 16.2. The van der Waals surface area contributed by atoms with E-state index < -0.39 is 6.04 Å². The smallest absolute Gasteiger partial charge is 0.248 e. The first-order valence-corrected chi connectivity index (χ1v) is 7.13. The van der Waals surface area contributed by atoms with E-state index in [1.807, 2.05) is 13.0 Å². The normalized spacial score (nSPS) is 11.9. The Balaban J connectivity index is 2.09. The number of rotatable bonds is 5. The van der Waals surface area contributed by atoms with Crippen LogP contribution in [0.5, 0.6) is 5.75 Å². The van der Waals surface area contributed by atoms with Gasteiger partial charge in [0, 0.05) is 17.2 Å². The van der Waals surface area contributed by atoms with E-state index in [2.05, 4.69) is 15.8 Å². The molecule has 2 rings (SSSR count). The number of benzene rings is 1. The van der Waals surface area contributed by atoms with Crippen molar-refractivity contribution in [1.29, 1.82) is 0 Å². The van der Waals surface area contributed by atoms with Gasteiger partial charge in [0.15, 0.2) is 0 Å². The molecule has 118 valence electrons. The first-order valence-electron chi connectivity index (χ1n) is 6.75. The molecule has 0 fully saturated rings. The highest BCUT2D eigenvalue weighted by Crippen LogP contribution is 2.31. The van der Waals surface area contributed by atoms with Crippen LogP contribution in [-0.4, -0.2) is 24.2 Å². The largest absolute Gasteiger partial charge is 0.495 e. The van der Waals surface area contributed by atoms with E-state index in [1.54, 1.807) is 33.1 Å². The molecule has 2 N–H and O–H groups in total. The number of halogens is 1. The number of aromatic nitrogens is 1. The summed E-state index contributed by atoms with van der Waals surface area (Å²) in [6.45, 7) is 5.40. The molecule has 1 unspecified atom stereocenters. The SMILES string of the molecule is COc1cc(Cl)c(C)cc1NC(C)C(=O)Nc1cc(C)no1. The molecule has 0 bridgehead atoms. The van der Waals surface area contributed by atoms with Gasteiger partial charge in [0.1, 0.15) is 11.8 Å². The lowest BCUT2D eigenvalue weighted by molar-refractivity contribution is -0.116. The third kappa shape index (κ3) is 3.71. The van der Waals surface area contributed by atoms with Gasteiger partial charge in [-0.25, -0.2) is 0 Å². The Morgan fingerprint density at radius 1 is 1.36 bits per heavy atom. The number of nitrogens with one attached hydrogen (secondary N) is 2. The number of hydrogen-bond acceptors (Lipinski definition) is 5.